The predicted molar refractivity (Wildman–Crippen MR) is 164 cm³/mol. The molecule has 2 aromatic heterocycles. The topological polar surface area (TPSA) is 173 Å². The van der Waals surface area contributed by atoms with Gasteiger partial charge in [-0.05, 0) is 77.7 Å². The van der Waals surface area contributed by atoms with Gasteiger partial charge >= 0.3 is 19.5 Å². The average Bonchev–Trinajstić information content (AvgIpc) is 3.66. The number of fused-ring (bicyclic) bond motifs is 1. The van der Waals surface area contributed by atoms with Crippen LogP contribution in [0.2, 0.25) is 0 Å². The van der Waals surface area contributed by atoms with Crippen LogP contribution in [0, 0.1) is 0 Å². The Bertz CT molecular complexity index is 1460. The molecule has 3 heterocycles. The summed E-state index contributed by atoms with van der Waals surface area (Å²) in [6.07, 6.45) is 4.40. The number of nitrogens with zero attached hydrogens (tertiary/aromatic N) is 5. The third-order valence-electron chi connectivity index (χ3n) is 7.17. The Morgan fingerprint density at radius 3 is 2.41 bits per heavy atom. The van der Waals surface area contributed by atoms with E-state index in [1.54, 1.807) is 43.8 Å². The smallest absolute Gasteiger partial charge is 0.342 e. The number of nitrogens with two attached hydrogens (primary N) is 1. The molecule has 0 radical (unpaired) electrons. The van der Waals surface area contributed by atoms with Crippen molar-refractivity contribution in [2.24, 2.45) is 0 Å². The predicted octanol–water partition coefficient (Wildman–Crippen LogP) is 3.15. The second kappa shape index (κ2) is 14.9. The van der Waals surface area contributed by atoms with Crippen molar-refractivity contribution in [1.82, 2.24) is 29.5 Å². The molecule has 1 aromatic carbocycles. The highest BCUT2D eigenvalue weighted by Crippen LogP contribution is 2.44. The Balaban J connectivity index is 1.46. The number of ether oxygens (including phenoxy) is 3. The molecule has 4 rings (SSSR count). The fourth-order valence-corrected chi connectivity index (χ4v) is 6.78. The number of rotatable bonds is 15. The van der Waals surface area contributed by atoms with Crippen molar-refractivity contribution in [3.63, 3.8) is 0 Å². The molecule has 0 amide bonds. The van der Waals surface area contributed by atoms with Crippen LogP contribution in [0.1, 0.15) is 46.1 Å². The molecule has 0 unspecified atom stereocenters. The molecule has 1 aliphatic rings. The molecular weight excluding hydrogens is 589 g/mol. The minimum atomic E-state index is -3.80. The fraction of sp³-hybridized carbons (Fsp3) is 0.552. The van der Waals surface area contributed by atoms with E-state index in [1.807, 2.05) is 19.1 Å². The van der Waals surface area contributed by atoms with Gasteiger partial charge in [-0.1, -0.05) is 12.1 Å². The zero-order chi connectivity index (χ0) is 31.9. The van der Waals surface area contributed by atoms with Gasteiger partial charge in [-0.2, -0.15) is 0 Å². The zero-order valence-corrected chi connectivity index (χ0v) is 26.7. The minimum absolute atomic E-state index is 0.269. The second-order valence-corrected chi connectivity index (χ2v) is 13.2. The molecule has 1 fully saturated rings. The number of nitrogen functional groups attached to an aromatic ring is 1. The molecule has 4 atom stereocenters. The Morgan fingerprint density at radius 2 is 1.75 bits per heavy atom. The second-order valence-electron chi connectivity index (χ2n) is 11.2. The number of anilines is 1. The number of nitrogens with one attached hydrogen (secondary N) is 1. The Hall–Kier alpha value is -3.58. The van der Waals surface area contributed by atoms with Crippen LogP contribution >= 0.6 is 7.52 Å². The van der Waals surface area contributed by atoms with Crippen molar-refractivity contribution in [2.45, 2.75) is 77.8 Å². The summed E-state index contributed by atoms with van der Waals surface area (Å²) in [6, 6.07) is 5.71. The molecule has 3 N–H and O–H groups in total. The van der Waals surface area contributed by atoms with Crippen LogP contribution in [0.3, 0.4) is 0 Å². The van der Waals surface area contributed by atoms with Crippen LogP contribution in [0.5, 0.6) is 5.75 Å². The van der Waals surface area contributed by atoms with Crippen molar-refractivity contribution >= 4 is 36.4 Å². The molecule has 1 saturated heterocycles. The maximum absolute atomic E-state index is 14.1. The number of hydrogen-bond donors (Lipinski definition) is 2. The lowest BCUT2D eigenvalue weighted by molar-refractivity contribution is -0.149. The lowest BCUT2D eigenvalue weighted by Crippen LogP contribution is -2.41. The summed E-state index contributed by atoms with van der Waals surface area (Å²) in [6.45, 7) is 8.88. The molecule has 240 valence electrons. The van der Waals surface area contributed by atoms with Gasteiger partial charge in [-0.25, -0.2) is 20.0 Å². The summed E-state index contributed by atoms with van der Waals surface area (Å²) < 4.78 is 38.2. The average molecular weight is 632 g/mol. The molecule has 14 nitrogen and oxygen atoms in total. The fourth-order valence-electron chi connectivity index (χ4n) is 4.99. The quantitative estimate of drug-likeness (QED) is 0.185. The number of likely N-dealkylation sites (tertiary alicyclic amines) is 1. The van der Waals surface area contributed by atoms with E-state index in [0.717, 1.165) is 31.5 Å². The summed E-state index contributed by atoms with van der Waals surface area (Å²) in [5.74, 6) is -0.248. The maximum atomic E-state index is 14.1. The summed E-state index contributed by atoms with van der Waals surface area (Å²) in [4.78, 5) is 39.6. The molecule has 15 heteroatoms. The normalized spacial score (nSPS) is 17.2. The number of methoxy groups -OCH3 is 1. The first-order chi connectivity index (χ1) is 21.0. The molecular formula is C29H42N7O7P. The van der Waals surface area contributed by atoms with Crippen molar-refractivity contribution in [1.29, 1.82) is 0 Å². The minimum Gasteiger partial charge on any atom is -0.468 e. The van der Waals surface area contributed by atoms with Gasteiger partial charge in [-0.15, -0.1) is 0 Å². The zero-order valence-electron chi connectivity index (χ0n) is 25.8. The van der Waals surface area contributed by atoms with E-state index in [1.165, 1.54) is 13.4 Å². The van der Waals surface area contributed by atoms with Gasteiger partial charge in [0.05, 0.1) is 32.2 Å². The van der Waals surface area contributed by atoms with Gasteiger partial charge in [0.15, 0.2) is 11.5 Å². The van der Waals surface area contributed by atoms with Gasteiger partial charge in [0, 0.05) is 0 Å². The van der Waals surface area contributed by atoms with Crippen molar-refractivity contribution in [3.05, 3.63) is 42.5 Å². The number of imidazole rings is 1. The van der Waals surface area contributed by atoms with Crippen molar-refractivity contribution < 1.29 is 32.9 Å². The van der Waals surface area contributed by atoms with Crippen LogP contribution < -0.4 is 15.3 Å². The number of carbonyl (C=O) groups is 2. The van der Waals surface area contributed by atoms with Crippen LogP contribution in [0.4, 0.5) is 5.82 Å². The number of carbonyl (C=O) groups excluding carboxylic acids is 2. The molecule has 0 spiro atoms. The number of benzene rings is 1. The molecule has 1 aliphatic heterocycles. The van der Waals surface area contributed by atoms with E-state index >= 15 is 0 Å². The third-order valence-corrected chi connectivity index (χ3v) is 8.94. The Kier molecular flexibility index (Phi) is 11.3. The van der Waals surface area contributed by atoms with E-state index in [2.05, 4.69) is 24.9 Å². The Labute approximate surface area is 257 Å². The maximum Gasteiger partial charge on any atom is 0.342 e. The van der Waals surface area contributed by atoms with Crippen LogP contribution in [-0.4, -0.2) is 87.2 Å². The first-order valence-electron chi connectivity index (χ1n) is 14.7. The monoisotopic (exact) mass is 631 g/mol. The summed E-state index contributed by atoms with van der Waals surface area (Å²) in [7, 11) is -2.40. The molecule has 44 heavy (non-hydrogen) atoms. The van der Waals surface area contributed by atoms with Crippen LogP contribution in [-0.2, 0) is 41.3 Å². The number of aromatic nitrogens is 4. The summed E-state index contributed by atoms with van der Waals surface area (Å²) in [5, 5.41) is 2.81. The number of esters is 2. The molecule has 0 bridgehead atoms. The van der Waals surface area contributed by atoms with E-state index in [9.17, 15) is 14.2 Å². The summed E-state index contributed by atoms with van der Waals surface area (Å²) >= 11 is 0. The largest absolute Gasteiger partial charge is 0.468 e. The first kappa shape index (κ1) is 33.3. The standard InChI is InChI=1S/C29H42N7O7P/c1-19(2)42-28(37)21(4)34-44(39,18-41-20(3)15-36-17-33-25-26(30)31-16-32-27(25)36)43-23-10-8-22(9-11-23)14-24(29(38)40-5)35-12-6-7-13-35/h8-11,16-17,19-21,24H,6-7,12-15,18H2,1-5H3,(H,34,39)(H2,30,31,32)/t20-,21+,24+,44+/m1/s1. The van der Waals surface area contributed by atoms with E-state index in [-0.39, 0.29) is 30.3 Å². The summed E-state index contributed by atoms with van der Waals surface area (Å²) in [5.41, 5.74) is 7.82. The van der Waals surface area contributed by atoms with Crippen molar-refractivity contribution in [3.8, 4) is 5.75 Å². The Morgan fingerprint density at radius 1 is 1.05 bits per heavy atom. The van der Waals surface area contributed by atoms with Gasteiger partial charge in [-0.3, -0.25) is 19.1 Å². The van der Waals surface area contributed by atoms with Crippen LogP contribution in [0.25, 0.3) is 11.2 Å². The van der Waals surface area contributed by atoms with E-state index in [0.29, 0.717) is 29.9 Å². The highest BCUT2D eigenvalue weighted by Gasteiger charge is 2.33. The number of hydrogen-bond acceptors (Lipinski definition) is 12. The highest BCUT2D eigenvalue weighted by molar-refractivity contribution is 7.57. The van der Waals surface area contributed by atoms with Gasteiger partial charge in [0.2, 0.25) is 0 Å². The highest BCUT2D eigenvalue weighted by atomic mass is 31.2. The lowest BCUT2D eigenvalue weighted by Gasteiger charge is -2.26. The van der Waals surface area contributed by atoms with Gasteiger partial charge in [0.1, 0.15) is 36.0 Å². The van der Waals surface area contributed by atoms with E-state index < -0.39 is 25.6 Å². The SMILES string of the molecule is COC(=O)[C@H](Cc1ccc(O[P@@](=O)(CO[C@H](C)Cn2cnc3c(N)ncnc32)N[C@@H](C)C(=O)OC(C)C)cc1)N1CCCC1. The van der Waals surface area contributed by atoms with Crippen molar-refractivity contribution in [2.75, 3.05) is 32.3 Å². The molecule has 0 aliphatic carbocycles. The molecule has 3 aromatic rings. The first-order valence-corrected chi connectivity index (χ1v) is 16.5. The van der Waals surface area contributed by atoms with Gasteiger partial charge in [0.25, 0.3) is 0 Å². The molecule has 0 saturated carbocycles. The van der Waals surface area contributed by atoms with Crippen LogP contribution in [0.15, 0.2) is 36.9 Å². The van der Waals surface area contributed by atoms with Gasteiger partial charge < -0.3 is 29.0 Å². The third kappa shape index (κ3) is 8.75. The van der Waals surface area contributed by atoms with E-state index in [4.69, 9.17) is 24.5 Å². The lowest BCUT2D eigenvalue weighted by atomic mass is 10.0.